The SMILES string of the molecule is COc1cc(C[C@H](CO)[C@H](C)Cc2ccc(O)c(OC)c2)ccc1O. The molecular formula is C20H26O5. The molecule has 136 valence electrons. The third-order valence-electron chi connectivity index (χ3n) is 4.58. The van der Waals surface area contributed by atoms with Gasteiger partial charge in [-0.3, -0.25) is 0 Å². The van der Waals surface area contributed by atoms with Crippen LogP contribution in [-0.4, -0.2) is 36.1 Å². The van der Waals surface area contributed by atoms with Crippen molar-refractivity contribution in [1.29, 1.82) is 0 Å². The Morgan fingerprint density at radius 2 is 1.32 bits per heavy atom. The van der Waals surface area contributed by atoms with Gasteiger partial charge >= 0.3 is 0 Å². The van der Waals surface area contributed by atoms with E-state index in [1.807, 2.05) is 18.2 Å². The fourth-order valence-corrected chi connectivity index (χ4v) is 2.98. The predicted octanol–water partition coefficient (Wildman–Crippen LogP) is 3.14. The first-order valence-electron chi connectivity index (χ1n) is 8.31. The van der Waals surface area contributed by atoms with Crippen LogP contribution in [0.5, 0.6) is 23.0 Å². The number of phenols is 2. The molecule has 0 aliphatic heterocycles. The van der Waals surface area contributed by atoms with Crippen LogP contribution in [0.3, 0.4) is 0 Å². The molecule has 0 aliphatic carbocycles. The lowest BCUT2D eigenvalue weighted by atomic mass is 9.84. The van der Waals surface area contributed by atoms with Crippen LogP contribution in [0.4, 0.5) is 0 Å². The number of rotatable bonds is 8. The van der Waals surface area contributed by atoms with E-state index in [2.05, 4.69) is 6.92 Å². The van der Waals surface area contributed by atoms with Gasteiger partial charge in [0.05, 0.1) is 14.2 Å². The highest BCUT2D eigenvalue weighted by Crippen LogP contribution is 2.31. The Morgan fingerprint density at radius 3 is 1.76 bits per heavy atom. The molecule has 0 radical (unpaired) electrons. The zero-order chi connectivity index (χ0) is 18.4. The predicted molar refractivity (Wildman–Crippen MR) is 96.5 cm³/mol. The Labute approximate surface area is 148 Å². The molecule has 2 atom stereocenters. The summed E-state index contributed by atoms with van der Waals surface area (Å²) < 4.78 is 10.3. The Morgan fingerprint density at radius 1 is 0.840 bits per heavy atom. The van der Waals surface area contributed by atoms with E-state index < -0.39 is 0 Å². The molecule has 3 N–H and O–H groups in total. The van der Waals surface area contributed by atoms with Gasteiger partial charge in [0.25, 0.3) is 0 Å². The van der Waals surface area contributed by atoms with E-state index >= 15 is 0 Å². The normalized spacial score (nSPS) is 13.3. The molecule has 0 aromatic heterocycles. The smallest absolute Gasteiger partial charge is 0.160 e. The second kappa shape index (κ2) is 8.62. The lowest BCUT2D eigenvalue weighted by molar-refractivity contribution is 0.181. The summed E-state index contributed by atoms with van der Waals surface area (Å²) in [5.41, 5.74) is 2.05. The fourth-order valence-electron chi connectivity index (χ4n) is 2.98. The van der Waals surface area contributed by atoms with Gasteiger partial charge in [-0.25, -0.2) is 0 Å². The first-order chi connectivity index (χ1) is 12.0. The zero-order valence-corrected chi connectivity index (χ0v) is 14.9. The largest absolute Gasteiger partial charge is 0.504 e. The molecule has 2 aromatic rings. The molecule has 0 spiro atoms. The van der Waals surface area contributed by atoms with Gasteiger partial charge in [0, 0.05) is 6.61 Å². The average Bonchev–Trinajstić information content (AvgIpc) is 2.62. The third kappa shape index (κ3) is 4.79. The molecule has 0 bridgehead atoms. The highest BCUT2D eigenvalue weighted by Gasteiger charge is 2.19. The number of benzene rings is 2. The van der Waals surface area contributed by atoms with Crippen molar-refractivity contribution in [3.63, 3.8) is 0 Å². The summed E-state index contributed by atoms with van der Waals surface area (Å²) >= 11 is 0. The van der Waals surface area contributed by atoms with E-state index in [0.29, 0.717) is 17.9 Å². The standard InChI is InChI=1S/C20H26O5/c1-13(8-14-4-6-17(22)19(10-14)24-2)16(12-21)9-15-5-7-18(23)20(11-15)25-3/h4-7,10-11,13,16,21-23H,8-9,12H2,1-3H3/t13-,16-/m1/s1. The first kappa shape index (κ1) is 18.9. The maximum absolute atomic E-state index is 9.82. The number of phenolic OH excluding ortho intramolecular Hbond substituents is 2. The van der Waals surface area contributed by atoms with E-state index in [9.17, 15) is 15.3 Å². The minimum atomic E-state index is 0.0639. The summed E-state index contributed by atoms with van der Waals surface area (Å²) in [7, 11) is 3.04. The number of aliphatic hydroxyl groups excluding tert-OH is 1. The third-order valence-corrected chi connectivity index (χ3v) is 4.58. The van der Waals surface area contributed by atoms with Gasteiger partial charge < -0.3 is 24.8 Å². The highest BCUT2D eigenvalue weighted by molar-refractivity contribution is 5.42. The second-order valence-corrected chi connectivity index (χ2v) is 6.34. The van der Waals surface area contributed by atoms with Gasteiger partial charge in [-0.1, -0.05) is 19.1 Å². The van der Waals surface area contributed by atoms with Crippen LogP contribution in [0, 0.1) is 11.8 Å². The molecule has 0 fully saturated rings. The van der Waals surface area contributed by atoms with Crippen molar-refractivity contribution >= 4 is 0 Å². The number of aromatic hydroxyl groups is 2. The van der Waals surface area contributed by atoms with Crippen molar-refractivity contribution < 1.29 is 24.8 Å². The maximum atomic E-state index is 9.82. The quantitative estimate of drug-likeness (QED) is 0.684. The molecule has 2 rings (SSSR count). The second-order valence-electron chi connectivity index (χ2n) is 6.34. The number of ether oxygens (including phenoxy) is 2. The van der Waals surface area contributed by atoms with Crippen molar-refractivity contribution in [2.24, 2.45) is 11.8 Å². The van der Waals surface area contributed by atoms with Crippen LogP contribution in [0.1, 0.15) is 18.1 Å². The monoisotopic (exact) mass is 346 g/mol. The Balaban J connectivity index is 2.09. The van der Waals surface area contributed by atoms with Crippen LogP contribution < -0.4 is 9.47 Å². The van der Waals surface area contributed by atoms with Crippen molar-refractivity contribution in [2.45, 2.75) is 19.8 Å². The summed E-state index contributed by atoms with van der Waals surface area (Å²) in [6.45, 7) is 2.16. The van der Waals surface area contributed by atoms with Crippen LogP contribution in [0.2, 0.25) is 0 Å². The molecule has 0 saturated heterocycles. The number of methoxy groups -OCH3 is 2. The molecule has 0 saturated carbocycles. The molecule has 0 amide bonds. The average molecular weight is 346 g/mol. The Kier molecular flexibility index (Phi) is 6.53. The molecule has 5 heteroatoms. The van der Waals surface area contributed by atoms with Crippen LogP contribution in [-0.2, 0) is 12.8 Å². The van der Waals surface area contributed by atoms with Crippen molar-refractivity contribution in [3.8, 4) is 23.0 Å². The van der Waals surface area contributed by atoms with Gasteiger partial charge in [-0.15, -0.1) is 0 Å². The molecular weight excluding hydrogens is 320 g/mol. The summed E-state index contributed by atoms with van der Waals surface area (Å²) in [6, 6.07) is 10.6. The summed E-state index contributed by atoms with van der Waals surface area (Å²) in [6.07, 6.45) is 1.45. The number of hydrogen-bond donors (Lipinski definition) is 3. The van der Waals surface area contributed by atoms with Crippen molar-refractivity contribution in [3.05, 3.63) is 47.5 Å². The number of hydrogen-bond acceptors (Lipinski definition) is 5. The molecule has 5 nitrogen and oxygen atoms in total. The van der Waals surface area contributed by atoms with E-state index in [1.165, 1.54) is 14.2 Å². The van der Waals surface area contributed by atoms with E-state index in [4.69, 9.17) is 9.47 Å². The van der Waals surface area contributed by atoms with Gasteiger partial charge in [0.1, 0.15) is 0 Å². The zero-order valence-electron chi connectivity index (χ0n) is 14.9. The molecule has 2 aromatic carbocycles. The van der Waals surface area contributed by atoms with Gasteiger partial charge in [0.2, 0.25) is 0 Å². The van der Waals surface area contributed by atoms with Crippen LogP contribution >= 0.6 is 0 Å². The highest BCUT2D eigenvalue weighted by atomic mass is 16.5. The minimum Gasteiger partial charge on any atom is -0.504 e. The maximum Gasteiger partial charge on any atom is 0.160 e. The lowest BCUT2D eigenvalue weighted by Crippen LogP contribution is -2.20. The van der Waals surface area contributed by atoms with E-state index in [1.54, 1.807) is 18.2 Å². The van der Waals surface area contributed by atoms with Gasteiger partial charge in [-0.2, -0.15) is 0 Å². The van der Waals surface area contributed by atoms with Gasteiger partial charge in [-0.05, 0) is 60.1 Å². The fraction of sp³-hybridized carbons (Fsp3) is 0.400. The molecule has 0 heterocycles. The van der Waals surface area contributed by atoms with Crippen molar-refractivity contribution in [2.75, 3.05) is 20.8 Å². The molecule has 25 heavy (non-hydrogen) atoms. The number of aliphatic hydroxyl groups is 1. The minimum absolute atomic E-state index is 0.0639. The molecule has 0 unspecified atom stereocenters. The van der Waals surface area contributed by atoms with Gasteiger partial charge in [0.15, 0.2) is 23.0 Å². The summed E-state index contributed by atoms with van der Waals surface area (Å²) in [5, 5.41) is 29.2. The Bertz CT molecular complexity index is 698. The first-order valence-corrected chi connectivity index (χ1v) is 8.31. The van der Waals surface area contributed by atoms with Crippen molar-refractivity contribution in [1.82, 2.24) is 0 Å². The topological polar surface area (TPSA) is 79.2 Å². The lowest BCUT2D eigenvalue weighted by Gasteiger charge is -2.23. The molecule has 0 aliphatic rings. The van der Waals surface area contributed by atoms with Crippen LogP contribution in [0.15, 0.2) is 36.4 Å². The summed E-state index contributed by atoms with van der Waals surface area (Å²) in [5.74, 6) is 1.40. The van der Waals surface area contributed by atoms with E-state index in [0.717, 1.165) is 17.5 Å². The van der Waals surface area contributed by atoms with Crippen LogP contribution in [0.25, 0.3) is 0 Å². The summed E-state index contributed by atoms with van der Waals surface area (Å²) in [4.78, 5) is 0. The Hall–Kier alpha value is -2.40. The van der Waals surface area contributed by atoms with E-state index in [-0.39, 0.29) is 29.9 Å².